The van der Waals surface area contributed by atoms with E-state index in [1.807, 2.05) is 62.4 Å². The van der Waals surface area contributed by atoms with Gasteiger partial charge in [0.25, 0.3) is 11.8 Å². The van der Waals surface area contributed by atoms with Crippen LogP contribution in [-0.2, 0) is 9.59 Å². The zero-order valence-corrected chi connectivity index (χ0v) is 23.1. The minimum atomic E-state index is -0.486. The molecule has 4 aromatic rings. The molecule has 1 heterocycles. The summed E-state index contributed by atoms with van der Waals surface area (Å²) in [5, 5.41) is 8.29. The number of pyridine rings is 1. The number of aromatic nitrogens is 1. The Hall–Kier alpha value is -4.69. The van der Waals surface area contributed by atoms with Crippen LogP contribution in [0.25, 0.3) is 6.08 Å². The molecule has 3 N–H and O–H groups in total. The lowest BCUT2D eigenvalue weighted by Gasteiger charge is -2.16. The second kappa shape index (κ2) is 13.9. The maximum atomic E-state index is 13.3. The van der Waals surface area contributed by atoms with Gasteiger partial charge in [-0.2, -0.15) is 0 Å². The number of nitrogens with zero attached hydrogens (tertiary/aromatic N) is 1. The molecule has 4 rings (SSSR count). The molecular weight excluding hydrogens is 520 g/mol. The summed E-state index contributed by atoms with van der Waals surface area (Å²) in [5.41, 5.74) is 3.49. The number of aryl methyl sites for hydroxylation is 1. The Balaban J connectivity index is 1.49. The second-order valence-corrected chi connectivity index (χ2v) is 10.2. The van der Waals surface area contributed by atoms with Crippen LogP contribution < -0.4 is 16.0 Å². The van der Waals surface area contributed by atoms with E-state index < -0.39 is 11.8 Å². The number of benzene rings is 3. The van der Waals surface area contributed by atoms with E-state index in [0.29, 0.717) is 23.2 Å². The van der Waals surface area contributed by atoms with E-state index in [2.05, 4.69) is 20.9 Å². The highest BCUT2D eigenvalue weighted by Crippen LogP contribution is 2.29. The maximum Gasteiger partial charge on any atom is 0.272 e. The van der Waals surface area contributed by atoms with Gasteiger partial charge in [-0.3, -0.25) is 19.4 Å². The highest BCUT2D eigenvalue weighted by molar-refractivity contribution is 8.00. The molecule has 1 atom stereocenters. The molecule has 0 aliphatic carbocycles. The standard InChI is InChI=1S/C32H30N4O3S/c1-3-29(32(39)35-27-17-8-7-11-22(27)2)40-26-16-9-15-25(20-26)34-31(38)28(19-23-12-10-18-33-21-23)36-30(37)24-13-5-4-6-14-24/h4-21,29H,3H2,1-2H3,(H,34,38)(H,35,39)(H,36,37)/b28-19-. The van der Waals surface area contributed by atoms with E-state index in [9.17, 15) is 14.4 Å². The number of nitrogens with one attached hydrogen (secondary N) is 3. The molecule has 1 unspecified atom stereocenters. The normalized spacial score (nSPS) is 11.8. The average molecular weight is 551 g/mol. The van der Waals surface area contributed by atoms with Gasteiger partial charge < -0.3 is 16.0 Å². The summed E-state index contributed by atoms with van der Waals surface area (Å²) in [5.74, 6) is -0.971. The number of amides is 3. The first-order valence-electron chi connectivity index (χ1n) is 12.9. The van der Waals surface area contributed by atoms with Gasteiger partial charge in [0.1, 0.15) is 5.70 Å². The molecule has 0 bridgehead atoms. The number of hydrogen-bond donors (Lipinski definition) is 3. The van der Waals surface area contributed by atoms with Gasteiger partial charge in [-0.05, 0) is 73.0 Å². The average Bonchev–Trinajstić information content (AvgIpc) is 2.98. The number of para-hydroxylation sites is 1. The third kappa shape index (κ3) is 7.91. The number of anilines is 2. The van der Waals surface area contributed by atoms with Gasteiger partial charge >= 0.3 is 0 Å². The van der Waals surface area contributed by atoms with Crippen LogP contribution in [0.5, 0.6) is 0 Å². The Labute approximate surface area is 238 Å². The smallest absolute Gasteiger partial charge is 0.272 e. The topological polar surface area (TPSA) is 100 Å². The first-order chi connectivity index (χ1) is 19.4. The van der Waals surface area contributed by atoms with Gasteiger partial charge in [0, 0.05) is 34.2 Å². The predicted molar refractivity (Wildman–Crippen MR) is 161 cm³/mol. The van der Waals surface area contributed by atoms with E-state index in [1.165, 1.54) is 11.8 Å². The molecule has 0 aliphatic rings. The number of carbonyl (C=O) groups excluding carboxylic acids is 3. The summed E-state index contributed by atoms with van der Waals surface area (Å²) in [6, 6.07) is 27.2. The summed E-state index contributed by atoms with van der Waals surface area (Å²) >= 11 is 1.43. The van der Waals surface area contributed by atoms with Gasteiger partial charge in [0.2, 0.25) is 5.91 Å². The molecule has 0 fully saturated rings. The Kier molecular flexibility index (Phi) is 9.85. The van der Waals surface area contributed by atoms with Crippen LogP contribution in [0, 0.1) is 6.92 Å². The quantitative estimate of drug-likeness (QED) is 0.159. The zero-order chi connectivity index (χ0) is 28.3. The molecule has 0 saturated heterocycles. The third-order valence-corrected chi connectivity index (χ3v) is 7.32. The van der Waals surface area contributed by atoms with E-state index in [-0.39, 0.29) is 16.9 Å². The van der Waals surface area contributed by atoms with E-state index >= 15 is 0 Å². The fourth-order valence-electron chi connectivity index (χ4n) is 3.83. The van der Waals surface area contributed by atoms with Crippen LogP contribution in [-0.4, -0.2) is 28.0 Å². The van der Waals surface area contributed by atoms with Gasteiger partial charge in [0.05, 0.1) is 5.25 Å². The summed E-state index contributed by atoms with van der Waals surface area (Å²) < 4.78 is 0. The summed E-state index contributed by atoms with van der Waals surface area (Å²) in [6.07, 6.45) is 5.44. The highest BCUT2D eigenvalue weighted by atomic mass is 32.2. The van der Waals surface area contributed by atoms with E-state index in [0.717, 1.165) is 16.1 Å². The van der Waals surface area contributed by atoms with Gasteiger partial charge in [-0.1, -0.05) is 55.5 Å². The van der Waals surface area contributed by atoms with Crippen LogP contribution >= 0.6 is 11.8 Å². The van der Waals surface area contributed by atoms with Crippen molar-refractivity contribution in [1.29, 1.82) is 0 Å². The van der Waals surface area contributed by atoms with Crippen LogP contribution in [0.15, 0.2) is 114 Å². The SMILES string of the molecule is CCC(Sc1cccc(NC(=O)/C(=C/c2cccnc2)NC(=O)c2ccccc2)c1)C(=O)Nc1ccccc1C. The number of rotatable bonds is 10. The molecular formula is C32H30N4O3S. The summed E-state index contributed by atoms with van der Waals surface area (Å²) in [6.45, 7) is 3.92. The van der Waals surface area contributed by atoms with Crippen LogP contribution in [0.4, 0.5) is 11.4 Å². The minimum Gasteiger partial charge on any atom is -0.325 e. The summed E-state index contributed by atoms with van der Waals surface area (Å²) in [7, 11) is 0. The lowest BCUT2D eigenvalue weighted by molar-refractivity contribution is -0.116. The molecule has 8 heteroatoms. The van der Waals surface area contributed by atoms with Crippen molar-refractivity contribution in [3.63, 3.8) is 0 Å². The van der Waals surface area contributed by atoms with Crippen molar-refractivity contribution >= 4 is 46.9 Å². The number of thioether (sulfide) groups is 1. The van der Waals surface area contributed by atoms with Crippen molar-refractivity contribution in [2.24, 2.45) is 0 Å². The highest BCUT2D eigenvalue weighted by Gasteiger charge is 2.20. The van der Waals surface area contributed by atoms with Gasteiger partial charge in [-0.15, -0.1) is 11.8 Å². The molecule has 7 nitrogen and oxygen atoms in total. The van der Waals surface area contributed by atoms with Crippen molar-refractivity contribution in [2.45, 2.75) is 30.4 Å². The Morgan fingerprint density at radius 3 is 2.40 bits per heavy atom. The van der Waals surface area contributed by atoms with Crippen molar-refractivity contribution in [3.8, 4) is 0 Å². The van der Waals surface area contributed by atoms with Crippen LogP contribution in [0.2, 0.25) is 0 Å². The Morgan fingerprint density at radius 1 is 0.900 bits per heavy atom. The van der Waals surface area contributed by atoms with Crippen molar-refractivity contribution in [1.82, 2.24) is 10.3 Å². The molecule has 202 valence electrons. The van der Waals surface area contributed by atoms with Crippen molar-refractivity contribution < 1.29 is 14.4 Å². The van der Waals surface area contributed by atoms with E-state index in [1.54, 1.807) is 60.9 Å². The largest absolute Gasteiger partial charge is 0.325 e. The van der Waals surface area contributed by atoms with Crippen LogP contribution in [0.3, 0.4) is 0 Å². The van der Waals surface area contributed by atoms with E-state index in [4.69, 9.17) is 0 Å². The molecule has 3 amide bonds. The predicted octanol–water partition coefficient (Wildman–Crippen LogP) is 6.31. The molecule has 40 heavy (non-hydrogen) atoms. The van der Waals surface area contributed by atoms with Gasteiger partial charge in [0.15, 0.2) is 0 Å². The van der Waals surface area contributed by atoms with Gasteiger partial charge in [-0.25, -0.2) is 0 Å². The zero-order valence-electron chi connectivity index (χ0n) is 22.3. The fourth-order valence-corrected chi connectivity index (χ4v) is 4.84. The maximum absolute atomic E-state index is 13.3. The molecule has 0 spiro atoms. The van der Waals surface area contributed by atoms with Crippen molar-refractivity contribution in [3.05, 3.63) is 126 Å². The Bertz CT molecular complexity index is 1510. The first-order valence-corrected chi connectivity index (χ1v) is 13.7. The molecule has 0 aliphatic heterocycles. The lowest BCUT2D eigenvalue weighted by atomic mass is 10.2. The first kappa shape index (κ1) is 28.3. The molecule has 0 radical (unpaired) electrons. The molecule has 0 saturated carbocycles. The molecule has 1 aromatic heterocycles. The summed E-state index contributed by atoms with van der Waals surface area (Å²) in [4.78, 5) is 44.1. The number of carbonyl (C=O) groups is 3. The number of hydrogen-bond acceptors (Lipinski definition) is 5. The fraction of sp³-hybridized carbons (Fsp3) is 0.125. The minimum absolute atomic E-state index is 0.0731. The Morgan fingerprint density at radius 2 is 1.68 bits per heavy atom. The molecule has 3 aromatic carbocycles. The monoisotopic (exact) mass is 550 g/mol. The second-order valence-electron chi connectivity index (χ2n) is 8.97. The lowest BCUT2D eigenvalue weighted by Crippen LogP contribution is -2.30. The third-order valence-electron chi connectivity index (χ3n) is 5.96. The van der Waals surface area contributed by atoms with Crippen LogP contribution in [0.1, 0.15) is 34.8 Å². The van der Waals surface area contributed by atoms with Crippen molar-refractivity contribution in [2.75, 3.05) is 10.6 Å².